The number of nitrogens with zero attached hydrogens (tertiary/aromatic N) is 3. The van der Waals surface area contributed by atoms with Gasteiger partial charge in [-0.1, -0.05) is 25.7 Å². The van der Waals surface area contributed by atoms with Gasteiger partial charge in [0.1, 0.15) is 6.33 Å². The number of aromatic nitrogens is 3. The maximum Gasteiger partial charge on any atom is 0.330 e. The van der Waals surface area contributed by atoms with Gasteiger partial charge in [-0.3, -0.25) is 0 Å². The van der Waals surface area contributed by atoms with Crippen molar-refractivity contribution in [2.24, 2.45) is 5.92 Å². The van der Waals surface area contributed by atoms with Crippen LogP contribution in [0.5, 0.6) is 0 Å². The van der Waals surface area contributed by atoms with E-state index in [-0.39, 0.29) is 5.16 Å². The number of hydrogen-bond donors (Lipinski definition) is 0. The lowest BCUT2D eigenvalue weighted by Crippen LogP contribution is -2.24. The molecule has 1 heterocycles. The van der Waals surface area contributed by atoms with Gasteiger partial charge in [0, 0.05) is 0 Å². The number of rotatable bonds is 6. The average molecular weight is 329 g/mol. The molecule has 7 nitrogen and oxygen atoms in total. The molecule has 0 saturated heterocycles. The zero-order valence-corrected chi connectivity index (χ0v) is 14.0. The number of sulfone groups is 1. The van der Waals surface area contributed by atoms with Gasteiger partial charge < -0.3 is 4.74 Å². The van der Waals surface area contributed by atoms with Crippen LogP contribution in [0.2, 0.25) is 0 Å². The Hall–Kier alpha value is -1.44. The first-order valence-electron chi connectivity index (χ1n) is 7.59. The standard InChI is InChI=1S/C14H23N3O4S/c1-10(2)22(19,20)14-15-9-17(16-14)12(13(18)21-3)8-11-6-4-5-7-11/h9-12H,4-8H2,1-3H3/t12-/m0/s1. The zero-order chi connectivity index (χ0) is 16.3. The van der Waals surface area contributed by atoms with Crippen LogP contribution >= 0.6 is 0 Å². The molecule has 22 heavy (non-hydrogen) atoms. The SMILES string of the molecule is COC(=O)[C@H](CC1CCCC1)n1cnc(S(=O)(=O)C(C)C)n1. The van der Waals surface area contributed by atoms with Crippen molar-refractivity contribution >= 4 is 15.8 Å². The Morgan fingerprint density at radius 1 is 1.41 bits per heavy atom. The van der Waals surface area contributed by atoms with Crippen molar-refractivity contribution in [3.05, 3.63) is 6.33 Å². The molecule has 0 unspecified atom stereocenters. The molecule has 0 radical (unpaired) electrons. The van der Waals surface area contributed by atoms with Crippen LogP contribution in [0.15, 0.2) is 11.5 Å². The second kappa shape index (κ2) is 6.76. The molecule has 0 N–H and O–H groups in total. The van der Waals surface area contributed by atoms with Crippen LogP contribution in [-0.4, -0.2) is 41.5 Å². The number of ether oxygens (including phenoxy) is 1. The van der Waals surface area contributed by atoms with E-state index in [0.717, 1.165) is 12.8 Å². The maximum absolute atomic E-state index is 12.1. The predicted octanol–water partition coefficient (Wildman–Crippen LogP) is 1.75. The van der Waals surface area contributed by atoms with Gasteiger partial charge in [-0.15, -0.1) is 5.10 Å². The molecule has 0 spiro atoms. The van der Waals surface area contributed by atoms with E-state index >= 15 is 0 Å². The molecule has 124 valence electrons. The number of carbonyl (C=O) groups is 1. The van der Waals surface area contributed by atoms with E-state index in [4.69, 9.17) is 4.74 Å². The largest absolute Gasteiger partial charge is 0.467 e. The fourth-order valence-corrected chi connectivity index (χ4v) is 3.58. The number of esters is 1. The van der Waals surface area contributed by atoms with Crippen molar-refractivity contribution < 1.29 is 17.9 Å². The summed E-state index contributed by atoms with van der Waals surface area (Å²) in [6.45, 7) is 3.15. The molecule has 1 aromatic heterocycles. The summed E-state index contributed by atoms with van der Waals surface area (Å²) < 4.78 is 30.4. The fraction of sp³-hybridized carbons (Fsp3) is 0.786. The summed E-state index contributed by atoms with van der Waals surface area (Å²) in [5, 5.41) is 3.20. The van der Waals surface area contributed by atoms with Gasteiger partial charge in [0.05, 0.1) is 12.4 Å². The summed E-state index contributed by atoms with van der Waals surface area (Å²) >= 11 is 0. The molecule has 1 aromatic rings. The third kappa shape index (κ3) is 3.48. The lowest BCUT2D eigenvalue weighted by Gasteiger charge is -2.18. The van der Waals surface area contributed by atoms with E-state index in [9.17, 15) is 13.2 Å². The van der Waals surface area contributed by atoms with Gasteiger partial charge in [0.15, 0.2) is 6.04 Å². The Labute approximate surface area is 131 Å². The van der Waals surface area contributed by atoms with E-state index in [1.165, 1.54) is 31.0 Å². The highest BCUT2D eigenvalue weighted by Crippen LogP contribution is 2.32. The minimum Gasteiger partial charge on any atom is -0.467 e. The first-order chi connectivity index (χ1) is 10.4. The monoisotopic (exact) mass is 329 g/mol. The Morgan fingerprint density at radius 2 is 2.05 bits per heavy atom. The molecule has 1 saturated carbocycles. The molecule has 0 amide bonds. The van der Waals surface area contributed by atoms with E-state index in [0.29, 0.717) is 12.3 Å². The third-order valence-electron chi connectivity index (χ3n) is 4.19. The number of carbonyl (C=O) groups excluding carboxylic acids is 1. The van der Waals surface area contributed by atoms with Crippen LogP contribution in [0.25, 0.3) is 0 Å². The van der Waals surface area contributed by atoms with E-state index in [1.807, 2.05) is 0 Å². The minimum atomic E-state index is -3.54. The average Bonchev–Trinajstić information content (AvgIpc) is 3.15. The first kappa shape index (κ1) is 16.9. The maximum atomic E-state index is 12.1. The van der Waals surface area contributed by atoms with Gasteiger partial charge in [0.2, 0.25) is 9.84 Å². The molecular formula is C14H23N3O4S. The summed E-state index contributed by atoms with van der Waals surface area (Å²) in [6, 6.07) is -0.614. The normalized spacial score (nSPS) is 17.8. The van der Waals surface area contributed by atoms with Gasteiger partial charge in [-0.25, -0.2) is 22.9 Å². The summed E-state index contributed by atoms with van der Waals surface area (Å²) in [5.74, 6) is 0.0313. The van der Waals surface area contributed by atoms with E-state index < -0.39 is 27.1 Å². The smallest absolute Gasteiger partial charge is 0.330 e. The van der Waals surface area contributed by atoms with Crippen molar-refractivity contribution in [1.82, 2.24) is 14.8 Å². The van der Waals surface area contributed by atoms with Crippen molar-refractivity contribution in [2.75, 3.05) is 7.11 Å². The highest BCUT2D eigenvalue weighted by molar-refractivity contribution is 7.91. The van der Waals surface area contributed by atoms with Crippen molar-refractivity contribution in [3.63, 3.8) is 0 Å². The highest BCUT2D eigenvalue weighted by atomic mass is 32.2. The Kier molecular flexibility index (Phi) is 5.20. The van der Waals surface area contributed by atoms with Crippen LogP contribution in [0.3, 0.4) is 0 Å². The predicted molar refractivity (Wildman–Crippen MR) is 80.0 cm³/mol. The molecule has 1 aliphatic carbocycles. The number of methoxy groups -OCH3 is 1. The quantitative estimate of drug-likeness (QED) is 0.739. The summed E-state index contributed by atoms with van der Waals surface area (Å²) in [4.78, 5) is 15.9. The van der Waals surface area contributed by atoms with Crippen LogP contribution in [-0.2, 0) is 19.4 Å². The topological polar surface area (TPSA) is 91.2 Å². The fourth-order valence-electron chi connectivity index (χ4n) is 2.76. The zero-order valence-electron chi connectivity index (χ0n) is 13.2. The second-order valence-corrected chi connectivity index (χ2v) is 8.42. The third-order valence-corrected chi connectivity index (χ3v) is 6.12. The Bertz CT molecular complexity index is 618. The van der Waals surface area contributed by atoms with E-state index in [2.05, 4.69) is 10.1 Å². The molecule has 0 bridgehead atoms. The minimum absolute atomic E-state index is 0.233. The Balaban J connectivity index is 2.24. The Morgan fingerprint density at radius 3 is 2.59 bits per heavy atom. The molecular weight excluding hydrogens is 306 g/mol. The van der Waals surface area contributed by atoms with Crippen LogP contribution in [0.1, 0.15) is 52.0 Å². The lowest BCUT2D eigenvalue weighted by molar-refractivity contribution is -0.145. The summed E-state index contributed by atoms with van der Waals surface area (Å²) in [6.07, 6.45) is 6.42. The van der Waals surface area contributed by atoms with Crippen LogP contribution in [0.4, 0.5) is 0 Å². The molecule has 8 heteroatoms. The van der Waals surface area contributed by atoms with Crippen LogP contribution < -0.4 is 0 Å². The van der Waals surface area contributed by atoms with Gasteiger partial charge in [0.25, 0.3) is 5.16 Å². The molecule has 0 aliphatic heterocycles. The van der Waals surface area contributed by atoms with Crippen LogP contribution in [0, 0.1) is 5.92 Å². The summed E-state index contributed by atoms with van der Waals surface area (Å²) in [7, 11) is -2.22. The number of hydrogen-bond acceptors (Lipinski definition) is 6. The molecule has 1 atom stereocenters. The van der Waals surface area contributed by atoms with Crippen molar-refractivity contribution in [2.45, 2.75) is 62.4 Å². The van der Waals surface area contributed by atoms with Crippen molar-refractivity contribution in [3.8, 4) is 0 Å². The van der Waals surface area contributed by atoms with Gasteiger partial charge >= 0.3 is 5.97 Å². The molecule has 1 aliphatic rings. The lowest BCUT2D eigenvalue weighted by atomic mass is 9.98. The van der Waals surface area contributed by atoms with Gasteiger partial charge in [-0.2, -0.15) is 0 Å². The van der Waals surface area contributed by atoms with Crippen molar-refractivity contribution in [1.29, 1.82) is 0 Å². The molecule has 0 aromatic carbocycles. The molecule has 1 fully saturated rings. The summed E-state index contributed by atoms with van der Waals surface area (Å²) in [5.41, 5.74) is 0. The van der Waals surface area contributed by atoms with Gasteiger partial charge in [-0.05, 0) is 26.2 Å². The first-order valence-corrected chi connectivity index (χ1v) is 9.13. The second-order valence-electron chi connectivity index (χ2n) is 6.03. The van der Waals surface area contributed by atoms with E-state index in [1.54, 1.807) is 13.8 Å². The molecule has 2 rings (SSSR count). The highest BCUT2D eigenvalue weighted by Gasteiger charge is 2.30.